The third kappa shape index (κ3) is 3.29. The van der Waals surface area contributed by atoms with Crippen molar-refractivity contribution in [1.29, 1.82) is 0 Å². The zero-order valence-corrected chi connectivity index (χ0v) is 14.3. The van der Waals surface area contributed by atoms with Crippen LogP contribution in [-0.4, -0.2) is 19.9 Å². The molecule has 0 aliphatic carbocycles. The van der Waals surface area contributed by atoms with Crippen molar-refractivity contribution in [2.75, 3.05) is 11.9 Å². The second kappa shape index (κ2) is 6.67. The summed E-state index contributed by atoms with van der Waals surface area (Å²) in [6.07, 6.45) is 2.71. The summed E-state index contributed by atoms with van der Waals surface area (Å²) in [5, 5.41) is 9.93. The van der Waals surface area contributed by atoms with Crippen molar-refractivity contribution >= 4 is 26.6 Å². The average Bonchev–Trinajstić information content (AvgIpc) is 3.04. The molecule has 4 N–H and O–H groups in total. The molecule has 1 aromatic heterocycles. The Morgan fingerprint density at radius 2 is 1.92 bits per heavy atom. The average molecular weight is 343 g/mol. The Hall–Kier alpha value is -2.31. The van der Waals surface area contributed by atoms with E-state index in [4.69, 9.17) is 5.14 Å². The Labute approximate surface area is 141 Å². The van der Waals surface area contributed by atoms with E-state index in [2.05, 4.69) is 10.3 Å². The number of hydrogen-bond acceptors (Lipinski definition) is 3. The van der Waals surface area contributed by atoms with Gasteiger partial charge in [0.05, 0.1) is 4.90 Å². The molecule has 6 heteroatoms. The first-order valence-electron chi connectivity index (χ1n) is 7.92. The smallest absolute Gasteiger partial charge is 0.238 e. The molecular weight excluding hydrogens is 322 g/mol. The van der Waals surface area contributed by atoms with Gasteiger partial charge in [-0.1, -0.05) is 31.2 Å². The summed E-state index contributed by atoms with van der Waals surface area (Å²) in [4.78, 5) is 3.39. The van der Waals surface area contributed by atoms with Crippen LogP contribution in [0.25, 0.3) is 10.9 Å². The Balaban J connectivity index is 1.88. The molecule has 0 fully saturated rings. The van der Waals surface area contributed by atoms with E-state index < -0.39 is 10.0 Å². The van der Waals surface area contributed by atoms with Gasteiger partial charge in [-0.3, -0.25) is 0 Å². The number of anilines is 1. The lowest BCUT2D eigenvalue weighted by atomic mass is 9.96. The van der Waals surface area contributed by atoms with Crippen LogP contribution in [0.4, 0.5) is 5.69 Å². The number of rotatable bonds is 6. The molecule has 0 bridgehead atoms. The number of nitrogens with two attached hydrogens (primary N) is 1. The van der Waals surface area contributed by atoms with Crippen molar-refractivity contribution in [3.05, 3.63) is 60.3 Å². The van der Waals surface area contributed by atoms with E-state index in [1.807, 2.05) is 49.5 Å². The maximum absolute atomic E-state index is 11.8. The zero-order valence-electron chi connectivity index (χ0n) is 13.5. The van der Waals surface area contributed by atoms with Gasteiger partial charge in [0, 0.05) is 35.2 Å². The fraction of sp³-hybridized carbons (Fsp3) is 0.222. The van der Waals surface area contributed by atoms with Gasteiger partial charge in [0.15, 0.2) is 0 Å². The fourth-order valence-corrected chi connectivity index (χ4v) is 3.86. The minimum Gasteiger partial charge on any atom is -0.384 e. The minimum atomic E-state index is -3.73. The van der Waals surface area contributed by atoms with E-state index in [0.29, 0.717) is 6.54 Å². The highest BCUT2D eigenvalue weighted by Gasteiger charge is 2.19. The third-order valence-corrected chi connectivity index (χ3v) is 5.28. The van der Waals surface area contributed by atoms with Crippen LogP contribution in [0.3, 0.4) is 0 Å². The first-order chi connectivity index (χ1) is 11.5. The summed E-state index contributed by atoms with van der Waals surface area (Å²) in [5.41, 5.74) is 2.86. The van der Waals surface area contributed by atoms with Gasteiger partial charge < -0.3 is 10.3 Å². The van der Waals surface area contributed by atoms with Crippen LogP contribution < -0.4 is 10.5 Å². The molecule has 0 amide bonds. The molecule has 2 aromatic carbocycles. The van der Waals surface area contributed by atoms with Crippen LogP contribution in [-0.2, 0) is 10.0 Å². The summed E-state index contributed by atoms with van der Waals surface area (Å²) in [7, 11) is -3.73. The fourth-order valence-electron chi connectivity index (χ4n) is 3.02. The van der Waals surface area contributed by atoms with Crippen LogP contribution in [0.2, 0.25) is 0 Å². The summed E-state index contributed by atoms with van der Waals surface area (Å²) in [6.45, 7) is 2.68. The molecule has 3 aromatic rings. The van der Waals surface area contributed by atoms with E-state index in [9.17, 15) is 8.42 Å². The van der Waals surface area contributed by atoms with Crippen molar-refractivity contribution in [2.45, 2.75) is 24.2 Å². The summed E-state index contributed by atoms with van der Waals surface area (Å²) < 4.78 is 23.7. The van der Waals surface area contributed by atoms with Gasteiger partial charge in [-0.15, -0.1) is 0 Å². The molecule has 1 atom stereocenters. The SMILES string of the molecule is CC[C@H](CNc1cccc2[nH]ccc12)c1ccccc1S(N)(=O)=O. The quantitative estimate of drug-likeness (QED) is 0.641. The van der Waals surface area contributed by atoms with Gasteiger partial charge in [0.1, 0.15) is 0 Å². The summed E-state index contributed by atoms with van der Waals surface area (Å²) >= 11 is 0. The lowest BCUT2D eigenvalue weighted by molar-refractivity contribution is 0.592. The number of hydrogen-bond donors (Lipinski definition) is 3. The number of aromatic nitrogens is 1. The van der Waals surface area contributed by atoms with E-state index >= 15 is 0 Å². The molecule has 3 rings (SSSR count). The van der Waals surface area contributed by atoms with Crippen LogP contribution in [0.5, 0.6) is 0 Å². The Bertz CT molecular complexity index is 948. The van der Waals surface area contributed by atoms with E-state index in [1.54, 1.807) is 12.1 Å². The van der Waals surface area contributed by atoms with Gasteiger partial charge in [-0.05, 0) is 36.2 Å². The lowest BCUT2D eigenvalue weighted by Gasteiger charge is -2.20. The molecule has 24 heavy (non-hydrogen) atoms. The van der Waals surface area contributed by atoms with Crippen LogP contribution >= 0.6 is 0 Å². The van der Waals surface area contributed by atoms with Gasteiger partial charge in [0.25, 0.3) is 0 Å². The zero-order chi connectivity index (χ0) is 17.2. The normalized spacial score (nSPS) is 13.1. The highest BCUT2D eigenvalue weighted by atomic mass is 32.2. The highest BCUT2D eigenvalue weighted by molar-refractivity contribution is 7.89. The Morgan fingerprint density at radius 3 is 2.67 bits per heavy atom. The van der Waals surface area contributed by atoms with Gasteiger partial charge in [-0.2, -0.15) is 0 Å². The molecule has 5 nitrogen and oxygen atoms in total. The number of sulfonamides is 1. The van der Waals surface area contributed by atoms with Crippen molar-refractivity contribution in [2.24, 2.45) is 5.14 Å². The molecule has 1 heterocycles. The molecular formula is C18H21N3O2S. The first-order valence-corrected chi connectivity index (χ1v) is 9.47. The predicted molar refractivity (Wildman–Crippen MR) is 97.6 cm³/mol. The molecule has 0 saturated heterocycles. The van der Waals surface area contributed by atoms with E-state index in [-0.39, 0.29) is 10.8 Å². The molecule has 126 valence electrons. The minimum absolute atomic E-state index is 0.0497. The summed E-state index contributed by atoms with van der Waals surface area (Å²) in [5.74, 6) is 0.0497. The summed E-state index contributed by atoms with van der Waals surface area (Å²) in [6, 6.07) is 15.0. The number of H-pyrrole nitrogens is 1. The molecule has 0 saturated carbocycles. The topological polar surface area (TPSA) is 88.0 Å². The van der Waals surface area contributed by atoms with Crippen LogP contribution in [0.15, 0.2) is 59.6 Å². The Morgan fingerprint density at radius 1 is 1.12 bits per heavy atom. The maximum atomic E-state index is 11.8. The van der Waals surface area contributed by atoms with Crippen LogP contribution in [0, 0.1) is 0 Å². The molecule has 0 radical (unpaired) electrons. The van der Waals surface area contributed by atoms with Crippen LogP contribution in [0.1, 0.15) is 24.8 Å². The second-order valence-corrected chi connectivity index (χ2v) is 7.34. The van der Waals surface area contributed by atoms with Gasteiger partial charge in [0.2, 0.25) is 10.0 Å². The number of fused-ring (bicyclic) bond motifs is 1. The lowest BCUT2D eigenvalue weighted by Crippen LogP contribution is -2.19. The van der Waals surface area contributed by atoms with Crippen molar-refractivity contribution in [3.8, 4) is 0 Å². The largest absolute Gasteiger partial charge is 0.384 e. The number of primary sulfonamides is 1. The van der Waals surface area contributed by atoms with Crippen molar-refractivity contribution in [1.82, 2.24) is 4.98 Å². The standard InChI is InChI=1S/C18H21N3O2S/c1-2-13(14-6-3-4-9-18(14)24(19,22)23)12-21-17-8-5-7-16-15(17)10-11-20-16/h3-11,13,20-21H,2,12H2,1H3,(H2,19,22,23)/t13-/m1/s1. The number of nitrogens with one attached hydrogen (secondary N) is 2. The maximum Gasteiger partial charge on any atom is 0.238 e. The predicted octanol–water partition coefficient (Wildman–Crippen LogP) is 3.42. The van der Waals surface area contributed by atoms with Gasteiger partial charge in [-0.25, -0.2) is 13.6 Å². The monoisotopic (exact) mass is 343 g/mol. The van der Waals surface area contributed by atoms with E-state index in [1.165, 1.54) is 0 Å². The molecule has 0 aliphatic rings. The van der Waals surface area contributed by atoms with Crippen molar-refractivity contribution < 1.29 is 8.42 Å². The number of benzene rings is 2. The highest BCUT2D eigenvalue weighted by Crippen LogP contribution is 2.28. The Kier molecular flexibility index (Phi) is 4.59. The first kappa shape index (κ1) is 16.5. The van der Waals surface area contributed by atoms with E-state index in [0.717, 1.165) is 28.6 Å². The van der Waals surface area contributed by atoms with Gasteiger partial charge >= 0.3 is 0 Å². The number of aromatic amines is 1. The third-order valence-electron chi connectivity index (χ3n) is 4.29. The second-order valence-electron chi connectivity index (χ2n) is 5.81. The molecule has 0 spiro atoms. The molecule has 0 aliphatic heterocycles. The van der Waals surface area contributed by atoms with Crippen molar-refractivity contribution in [3.63, 3.8) is 0 Å². The molecule has 0 unspecified atom stereocenters.